The van der Waals surface area contributed by atoms with E-state index >= 15 is 0 Å². The highest BCUT2D eigenvalue weighted by Gasteiger charge is 2.64. The lowest BCUT2D eigenvalue weighted by molar-refractivity contribution is -0.138. The Balaban J connectivity index is 1.47. The predicted octanol–water partition coefficient (Wildman–Crippen LogP) is 2.47. The van der Waals surface area contributed by atoms with E-state index < -0.39 is 11.9 Å². The molecule has 0 unspecified atom stereocenters. The second-order valence-electron chi connectivity index (χ2n) is 10.2. The predicted molar refractivity (Wildman–Crippen MR) is 140 cm³/mol. The highest BCUT2D eigenvalue weighted by atomic mass is 79.9. The van der Waals surface area contributed by atoms with E-state index in [4.69, 9.17) is 4.74 Å². The largest absolute Gasteiger partial charge is 0.373 e. The van der Waals surface area contributed by atoms with Gasteiger partial charge in [-0.3, -0.25) is 19.2 Å². The van der Waals surface area contributed by atoms with Gasteiger partial charge in [0.2, 0.25) is 11.8 Å². The molecule has 2 aromatic heterocycles. The Kier molecular flexibility index (Phi) is 7.19. The zero-order valence-corrected chi connectivity index (χ0v) is 22.8. The summed E-state index contributed by atoms with van der Waals surface area (Å²) in [7, 11) is 0. The van der Waals surface area contributed by atoms with Crippen LogP contribution < -0.4 is 10.6 Å². The zero-order chi connectivity index (χ0) is 27.0. The van der Waals surface area contributed by atoms with Crippen molar-refractivity contribution in [2.75, 3.05) is 18.5 Å². The van der Waals surface area contributed by atoms with Crippen molar-refractivity contribution >= 4 is 45.3 Å². The fraction of sp³-hybridized carbons (Fsp3) is 0.462. The van der Waals surface area contributed by atoms with E-state index in [0.29, 0.717) is 42.0 Å². The third-order valence-electron chi connectivity index (χ3n) is 7.31. The topological polar surface area (TPSA) is 136 Å². The van der Waals surface area contributed by atoms with Crippen molar-refractivity contribution in [3.05, 3.63) is 51.9 Å². The van der Waals surface area contributed by atoms with Crippen molar-refractivity contribution in [3.8, 4) is 0 Å². The van der Waals surface area contributed by atoms with Gasteiger partial charge in [-0.15, -0.1) is 0 Å². The summed E-state index contributed by atoms with van der Waals surface area (Å²) >= 11 is 3.36. The van der Waals surface area contributed by atoms with Gasteiger partial charge in [-0.2, -0.15) is 5.10 Å². The fourth-order valence-electron chi connectivity index (χ4n) is 5.13. The molecule has 38 heavy (non-hydrogen) atoms. The summed E-state index contributed by atoms with van der Waals surface area (Å²) in [6, 6.07) is 4.22. The Morgan fingerprint density at radius 1 is 1.21 bits per heavy atom. The lowest BCUT2D eigenvalue weighted by Gasteiger charge is -2.27. The number of ketones is 1. The molecule has 0 radical (unpaired) electrons. The van der Waals surface area contributed by atoms with Crippen LogP contribution in [-0.2, 0) is 27.5 Å². The maximum absolute atomic E-state index is 13.6. The molecule has 2 aromatic rings. The van der Waals surface area contributed by atoms with Crippen molar-refractivity contribution < 1.29 is 23.9 Å². The number of amides is 3. The average molecular weight is 585 g/mol. The van der Waals surface area contributed by atoms with Crippen LogP contribution in [0, 0.1) is 5.41 Å². The van der Waals surface area contributed by atoms with Gasteiger partial charge in [0.25, 0.3) is 5.91 Å². The first-order valence-electron chi connectivity index (χ1n) is 12.5. The van der Waals surface area contributed by atoms with Gasteiger partial charge in [-0.1, -0.05) is 25.1 Å². The van der Waals surface area contributed by atoms with Gasteiger partial charge >= 0.3 is 0 Å². The van der Waals surface area contributed by atoms with E-state index in [2.05, 4.69) is 43.6 Å². The lowest BCUT2D eigenvalue weighted by Crippen LogP contribution is -2.47. The van der Waals surface area contributed by atoms with Gasteiger partial charge in [-0.25, -0.2) is 9.67 Å². The highest BCUT2D eigenvalue weighted by molar-refractivity contribution is 9.10. The number of rotatable bonds is 1. The minimum absolute atomic E-state index is 0.0793. The molecule has 0 aromatic carbocycles. The van der Waals surface area contributed by atoms with Crippen LogP contribution >= 0.6 is 15.9 Å². The molecule has 200 valence electrons. The molecule has 3 aliphatic rings. The zero-order valence-electron chi connectivity index (χ0n) is 21.2. The van der Waals surface area contributed by atoms with Crippen molar-refractivity contribution in [1.29, 1.82) is 0 Å². The van der Waals surface area contributed by atoms with Crippen LogP contribution in [0.5, 0.6) is 0 Å². The number of Topliss-reactive ketones (excluding diaryl/α,β-unsaturated/α-hetero) is 1. The van der Waals surface area contributed by atoms with Gasteiger partial charge in [0, 0.05) is 31.1 Å². The minimum Gasteiger partial charge on any atom is -0.373 e. The van der Waals surface area contributed by atoms with Crippen LogP contribution in [0.1, 0.15) is 59.7 Å². The molecule has 3 atom stereocenters. The number of carbonyl (C=O) groups is 4. The number of anilines is 1. The number of carbonyl (C=O) groups excluding carboxylic acids is 4. The first kappa shape index (κ1) is 26.2. The normalized spacial score (nSPS) is 26.9. The molecule has 12 heteroatoms. The number of halogens is 1. The molecule has 11 nitrogen and oxygen atoms in total. The van der Waals surface area contributed by atoms with Gasteiger partial charge in [0.05, 0.1) is 13.2 Å². The standard InChI is InChI=1S/C26H29BrN6O5/c1-15(34)17-10-18-24(36)28-8-4-3-5-9-38-14-16-6-7-21(27)29-23(16)30-25(37)19-11-26(2)12-20(26)33(19)22(35)13-32(18)31-17/h3,5-7,10,19-20H,4,8-9,11-14H2,1-2H3,(H,28,36)(H,29,30,37)/b5-3+/t19-,20+,26-/m0/s1. The molecule has 3 amide bonds. The number of pyridine rings is 1. The second kappa shape index (κ2) is 10.4. The summed E-state index contributed by atoms with van der Waals surface area (Å²) in [5.74, 6) is -1.04. The number of fused-ring (bicyclic) bond motifs is 5. The molecular weight excluding hydrogens is 556 g/mol. The number of hydrogen-bond acceptors (Lipinski definition) is 7. The Morgan fingerprint density at radius 3 is 2.82 bits per heavy atom. The molecule has 0 bridgehead atoms. The number of hydrogen-bond donors (Lipinski definition) is 2. The molecule has 4 heterocycles. The summed E-state index contributed by atoms with van der Waals surface area (Å²) < 4.78 is 7.57. The highest BCUT2D eigenvalue weighted by Crippen LogP contribution is 2.59. The van der Waals surface area contributed by atoms with Crippen LogP contribution in [0.4, 0.5) is 5.82 Å². The summed E-state index contributed by atoms with van der Waals surface area (Å²) in [5.41, 5.74) is 0.787. The number of nitrogens with one attached hydrogen (secondary N) is 2. The van der Waals surface area contributed by atoms with Gasteiger partial charge in [-0.05, 0) is 46.7 Å². The third kappa shape index (κ3) is 5.28. The third-order valence-corrected chi connectivity index (χ3v) is 7.75. The number of piperidine rings is 1. The van der Waals surface area contributed by atoms with Gasteiger partial charge in [0.1, 0.15) is 34.4 Å². The fourth-order valence-corrected chi connectivity index (χ4v) is 5.44. The van der Waals surface area contributed by atoms with Crippen LogP contribution in [-0.4, -0.2) is 68.4 Å². The Hall–Kier alpha value is -3.38. The van der Waals surface area contributed by atoms with E-state index in [1.54, 1.807) is 11.0 Å². The van der Waals surface area contributed by atoms with E-state index in [0.717, 1.165) is 6.42 Å². The lowest BCUT2D eigenvalue weighted by atomic mass is 10.0. The summed E-state index contributed by atoms with van der Waals surface area (Å²) in [4.78, 5) is 58.1. The van der Waals surface area contributed by atoms with Crippen molar-refractivity contribution in [2.24, 2.45) is 5.41 Å². The van der Waals surface area contributed by atoms with E-state index in [9.17, 15) is 19.2 Å². The summed E-state index contributed by atoms with van der Waals surface area (Å²) in [6.07, 6.45) is 5.63. The molecule has 2 fully saturated rings. The molecule has 2 N–H and O–H groups in total. The SMILES string of the molecule is CC(=O)c1cc2n(n1)CC(=O)N1[C@@H](C[C@@]3(C)C[C@@H]13)C(=O)Nc1nc(Br)ccc1COC/C=C/CCNC2=O. The number of nitrogens with zero attached hydrogens (tertiary/aromatic N) is 4. The Bertz CT molecular complexity index is 1340. The Labute approximate surface area is 228 Å². The van der Waals surface area contributed by atoms with E-state index in [-0.39, 0.29) is 53.6 Å². The maximum Gasteiger partial charge on any atom is 0.269 e. The monoisotopic (exact) mass is 584 g/mol. The van der Waals surface area contributed by atoms with Crippen LogP contribution in [0.25, 0.3) is 0 Å². The molecule has 1 saturated carbocycles. The first-order chi connectivity index (χ1) is 18.2. The molecule has 1 aliphatic carbocycles. The average Bonchev–Trinajstić information content (AvgIpc) is 3.19. The molecule has 5 rings (SSSR count). The van der Waals surface area contributed by atoms with Gasteiger partial charge < -0.3 is 20.3 Å². The van der Waals surface area contributed by atoms with Gasteiger partial charge in [0.15, 0.2) is 5.78 Å². The number of aromatic nitrogens is 3. The minimum atomic E-state index is -0.703. The summed E-state index contributed by atoms with van der Waals surface area (Å²) in [6.45, 7) is 4.10. The smallest absolute Gasteiger partial charge is 0.269 e. The molecule has 1 saturated heterocycles. The molecule has 0 spiro atoms. The van der Waals surface area contributed by atoms with Crippen LogP contribution in [0.3, 0.4) is 0 Å². The Morgan fingerprint density at radius 2 is 2.03 bits per heavy atom. The van der Waals surface area contributed by atoms with E-state index in [1.165, 1.54) is 17.7 Å². The maximum atomic E-state index is 13.6. The number of ether oxygens (including phenoxy) is 1. The van der Waals surface area contributed by atoms with Crippen LogP contribution in [0.2, 0.25) is 0 Å². The molecular formula is C26H29BrN6O5. The summed E-state index contributed by atoms with van der Waals surface area (Å²) in [5, 5.41) is 9.95. The van der Waals surface area contributed by atoms with Crippen molar-refractivity contribution in [1.82, 2.24) is 25.0 Å². The van der Waals surface area contributed by atoms with E-state index in [1.807, 2.05) is 18.2 Å². The second-order valence-corrected chi connectivity index (χ2v) is 11.0. The van der Waals surface area contributed by atoms with Crippen LogP contribution in [0.15, 0.2) is 35.0 Å². The molecule has 2 aliphatic heterocycles. The quantitative estimate of drug-likeness (QED) is 0.298. The van der Waals surface area contributed by atoms with Crippen molar-refractivity contribution in [3.63, 3.8) is 0 Å². The van der Waals surface area contributed by atoms with Crippen molar-refractivity contribution in [2.45, 2.75) is 58.3 Å². The first-order valence-corrected chi connectivity index (χ1v) is 13.3.